The number of alkyl halides is 3. The van der Waals surface area contributed by atoms with Gasteiger partial charge in [0.1, 0.15) is 17.4 Å². The van der Waals surface area contributed by atoms with Gasteiger partial charge >= 0.3 is 6.18 Å². The van der Waals surface area contributed by atoms with E-state index in [1.54, 1.807) is 0 Å². The first kappa shape index (κ1) is 21.8. The molecule has 1 atom stereocenters. The Hall–Kier alpha value is -2.95. The molecule has 0 aliphatic heterocycles. The summed E-state index contributed by atoms with van der Waals surface area (Å²) in [5, 5.41) is 15.8. The molecule has 0 aliphatic carbocycles. The van der Waals surface area contributed by atoms with Gasteiger partial charge in [-0.1, -0.05) is 30.3 Å². The minimum absolute atomic E-state index is 0.0688. The molecule has 30 heavy (non-hydrogen) atoms. The van der Waals surface area contributed by atoms with Gasteiger partial charge in [-0.05, 0) is 19.4 Å². The molecule has 1 unspecified atom stereocenters. The molecule has 0 saturated carbocycles. The van der Waals surface area contributed by atoms with Crippen LogP contribution in [0.1, 0.15) is 40.9 Å². The molecular formula is C19H22F3N7S. The highest BCUT2D eigenvalue weighted by atomic mass is 32.1. The molecule has 0 fully saturated rings. The van der Waals surface area contributed by atoms with Gasteiger partial charge in [0.2, 0.25) is 0 Å². The van der Waals surface area contributed by atoms with Gasteiger partial charge in [-0.2, -0.15) is 13.2 Å². The summed E-state index contributed by atoms with van der Waals surface area (Å²) in [6, 6.07) is 9.71. The van der Waals surface area contributed by atoms with E-state index in [9.17, 15) is 13.2 Å². The molecular weight excluding hydrogens is 415 g/mol. The molecule has 0 aliphatic rings. The first-order valence-corrected chi connectivity index (χ1v) is 10.1. The van der Waals surface area contributed by atoms with Crippen LogP contribution < -0.4 is 10.6 Å². The molecule has 160 valence electrons. The van der Waals surface area contributed by atoms with Gasteiger partial charge in [0.25, 0.3) is 0 Å². The summed E-state index contributed by atoms with van der Waals surface area (Å²) in [6.07, 6.45) is -4.45. The zero-order valence-electron chi connectivity index (χ0n) is 16.7. The Morgan fingerprint density at radius 2 is 1.97 bits per heavy atom. The lowest BCUT2D eigenvalue weighted by molar-refractivity contribution is -0.140. The van der Waals surface area contributed by atoms with Crippen molar-refractivity contribution in [1.82, 2.24) is 30.4 Å². The smallest absolute Gasteiger partial charge is 0.350 e. The first-order chi connectivity index (χ1) is 14.2. The number of nitrogens with one attached hydrogen (secondary N) is 2. The molecule has 0 radical (unpaired) electrons. The number of aromatic nitrogens is 4. The first-order valence-electron chi connectivity index (χ1n) is 9.20. The van der Waals surface area contributed by atoms with Gasteiger partial charge in [-0.25, -0.2) is 9.98 Å². The number of hydrogen-bond acceptors (Lipinski definition) is 5. The van der Waals surface area contributed by atoms with E-state index < -0.39 is 11.9 Å². The molecule has 7 nitrogen and oxygen atoms in total. The van der Waals surface area contributed by atoms with E-state index in [4.69, 9.17) is 0 Å². The summed E-state index contributed by atoms with van der Waals surface area (Å²) < 4.78 is 40.2. The Bertz CT molecular complexity index is 995. The molecule has 2 aromatic heterocycles. The van der Waals surface area contributed by atoms with Crippen molar-refractivity contribution in [2.75, 3.05) is 0 Å². The predicted molar refractivity (Wildman–Crippen MR) is 109 cm³/mol. The second-order valence-electron chi connectivity index (χ2n) is 6.64. The fraction of sp³-hybridized carbons (Fsp3) is 0.368. The van der Waals surface area contributed by atoms with Crippen LogP contribution in [0.4, 0.5) is 13.2 Å². The quantitative estimate of drug-likeness (QED) is 0.455. The minimum atomic E-state index is -4.45. The lowest BCUT2D eigenvalue weighted by atomic mass is 10.1. The lowest BCUT2D eigenvalue weighted by Crippen LogP contribution is -2.38. The average Bonchev–Trinajstić information content (AvgIpc) is 3.32. The maximum atomic E-state index is 12.8. The van der Waals surface area contributed by atoms with Crippen LogP contribution in [0.3, 0.4) is 0 Å². The standard InChI is InChI=1S/C19H22F3N7S/c1-12(14-7-5-4-6-8-14)25-18(23-9-16-28-27-13(2)29(16)3)24-10-17-26-15(11-30-17)19(20,21)22/h4-8,11-12H,9-10H2,1-3H3,(H2,23,24,25). The SMILES string of the molecule is Cc1nnc(CN=C(NCc2nc(C(F)(F)F)cs2)NC(C)c2ccccc2)n1C. The van der Waals surface area contributed by atoms with Crippen molar-refractivity contribution in [2.45, 2.75) is 39.2 Å². The van der Waals surface area contributed by atoms with Crippen molar-refractivity contribution in [1.29, 1.82) is 0 Å². The predicted octanol–water partition coefficient (Wildman–Crippen LogP) is 3.60. The Kier molecular flexibility index (Phi) is 6.70. The monoisotopic (exact) mass is 437 g/mol. The lowest BCUT2D eigenvalue weighted by Gasteiger charge is -2.18. The Morgan fingerprint density at radius 1 is 1.23 bits per heavy atom. The average molecular weight is 437 g/mol. The molecule has 0 spiro atoms. The minimum Gasteiger partial charge on any atom is -0.350 e. The van der Waals surface area contributed by atoms with Gasteiger partial charge < -0.3 is 15.2 Å². The third kappa shape index (κ3) is 5.56. The summed E-state index contributed by atoms with van der Waals surface area (Å²) in [4.78, 5) is 8.18. The van der Waals surface area contributed by atoms with E-state index in [-0.39, 0.29) is 19.1 Å². The number of aliphatic imine (C=N–C) groups is 1. The van der Waals surface area contributed by atoms with E-state index in [1.807, 2.05) is 55.8 Å². The van der Waals surface area contributed by atoms with Crippen LogP contribution in [0.25, 0.3) is 0 Å². The van der Waals surface area contributed by atoms with E-state index >= 15 is 0 Å². The molecule has 2 N–H and O–H groups in total. The van der Waals surface area contributed by atoms with Crippen LogP contribution in [-0.2, 0) is 26.3 Å². The fourth-order valence-corrected chi connectivity index (χ4v) is 3.34. The maximum Gasteiger partial charge on any atom is 0.434 e. The van der Waals surface area contributed by atoms with Crippen LogP contribution in [-0.4, -0.2) is 25.7 Å². The fourth-order valence-electron chi connectivity index (χ4n) is 2.60. The second-order valence-corrected chi connectivity index (χ2v) is 7.58. The van der Waals surface area contributed by atoms with Crippen LogP contribution in [0.2, 0.25) is 0 Å². The molecule has 0 amide bonds. The summed E-state index contributed by atoms with van der Waals surface area (Å²) in [7, 11) is 1.85. The zero-order chi connectivity index (χ0) is 21.7. The highest BCUT2D eigenvalue weighted by Gasteiger charge is 2.33. The number of nitrogens with zero attached hydrogens (tertiary/aromatic N) is 5. The number of aryl methyl sites for hydroxylation is 1. The Balaban J connectivity index is 1.73. The van der Waals surface area contributed by atoms with E-state index in [1.165, 1.54) is 0 Å². The van der Waals surface area contributed by atoms with E-state index in [0.29, 0.717) is 16.8 Å². The third-order valence-electron chi connectivity index (χ3n) is 4.46. The largest absolute Gasteiger partial charge is 0.434 e. The molecule has 0 bridgehead atoms. The molecule has 1 aromatic carbocycles. The van der Waals surface area contributed by atoms with Gasteiger partial charge in [0.05, 0.1) is 12.6 Å². The molecule has 3 aromatic rings. The number of halogens is 3. The number of thiazole rings is 1. The van der Waals surface area contributed by atoms with Crippen molar-refractivity contribution >= 4 is 17.3 Å². The summed E-state index contributed by atoms with van der Waals surface area (Å²) in [6.45, 7) is 4.20. The summed E-state index contributed by atoms with van der Waals surface area (Å²) in [5.74, 6) is 1.88. The number of hydrogen-bond donors (Lipinski definition) is 2. The normalized spacial score (nSPS) is 13.3. The van der Waals surface area contributed by atoms with Crippen LogP contribution >= 0.6 is 11.3 Å². The van der Waals surface area contributed by atoms with Crippen molar-refractivity contribution in [2.24, 2.45) is 12.0 Å². The molecule has 0 saturated heterocycles. The van der Waals surface area contributed by atoms with E-state index in [0.717, 1.165) is 28.1 Å². The number of benzene rings is 1. The Morgan fingerprint density at radius 3 is 2.57 bits per heavy atom. The molecule has 2 heterocycles. The number of rotatable bonds is 6. The van der Waals surface area contributed by atoms with Crippen molar-refractivity contribution in [3.63, 3.8) is 0 Å². The third-order valence-corrected chi connectivity index (χ3v) is 5.31. The highest BCUT2D eigenvalue weighted by Crippen LogP contribution is 2.29. The van der Waals surface area contributed by atoms with Crippen molar-refractivity contribution in [3.05, 3.63) is 63.6 Å². The summed E-state index contributed by atoms with van der Waals surface area (Å²) >= 11 is 0.951. The topological polar surface area (TPSA) is 80.0 Å². The highest BCUT2D eigenvalue weighted by molar-refractivity contribution is 7.09. The molecule has 3 rings (SSSR count). The van der Waals surface area contributed by atoms with Gasteiger partial charge in [-0.15, -0.1) is 21.5 Å². The van der Waals surface area contributed by atoms with Crippen molar-refractivity contribution < 1.29 is 13.2 Å². The van der Waals surface area contributed by atoms with Crippen molar-refractivity contribution in [3.8, 4) is 0 Å². The second kappa shape index (κ2) is 9.24. The van der Waals surface area contributed by atoms with Crippen LogP contribution in [0.15, 0.2) is 40.7 Å². The van der Waals surface area contributed by atoms with Crippen LogP contribution in [0, 0.1) is 6.92 Å². The van der Waals surface area contributed by atoms with Gasteiger partial charge in [-0.3, -0.25) is 0 Å². The Labute approximate surface area is 176 Å². The van der Waals surface area contributed by atoms with Crippen LogP contribution in [0.5, 0.6) is 0 Å². The summed E-state index contributed by atoms with van der Waals surface area (Å²) in [5.41, 5.74) is 0.165. The number of guanidine groups is 1. The van der Waals surface area contributed by atoms with E-state index in [2.05, 4.69) is 30.8 Å². The molecule has 11 heteroatoms. The van der Waals surface area contributed by atoms with Gasteiger partial charge in [0, 0.05) is 12.4 Å². The maximum absolute atomic E-state index is 12.8. The zero-order valence-corrected chi connectivity index (χ0v) is 17.6. The van der Waals surface area contributed by atoms with Gasteiger partial charge in [0.15, 0.2) is 17.5 Å².